The summed E-state index contributed by atoms with van der Waals surface area (Å²) in [5.74, 6) is 0.254. The predicted octanol–water partition coefficient (Wildman–Crippen LogP) is 1.17. The van der Waals surface area contributed by atoms with Crippen molar-refractivity contribution in [2.45, 2.75) is 19.4 Å². The lowest BCUT2D eigenvalue weighted by Gasteiger charge is -2.21. The minimum Gasteiger partial charge on any atom is -0.352 e. The van der Waals surface area contributed by atoms with Crippen LogP contribution in [0.25, 0.3) is 0 Å². The molecule has 0 atom stereocenters. The van der Waals surface area contributed by atoms with Crippen LogP contribution in [0.3, 0.4) is 0 Å². The van der Waals surface area contributed by atoms with Crippen molar-refractivity contribution in [3.8, 4) is 6.07 Å². The molecule has 0 aromatic heterocycles. The van der Waals surface area contributed by atoms with Gasteiger partial charge in [0.25, 0.3) is 0 Å². The average molecular weight is 243 g/mol. The molecular weight excluding hydrogens is 226 g/mol. The fourth-order valence-corrected chi connectivity index (χ4v) is 2.17. The smallest absolute Gasteiger partial charge is 0.223 e. The van der Waals surface area contributed by atoms with E-state index in [1.165, 1.54) is 0 Å². The highest BCUT2D eigenvalue weighted by atomic mass is 16.1. The van der Waals surface area contributed by atoms with Crippen molar-refractivity contribution < 1.29 is 4.79 Å². The number of amides is 1. The van der Waals surface area contributed by atoms with Crippen LogP contribution in [0, 0.1) is 17.2 Å². The summed E-state index contributed by atoms with van der Waals surface area (Å²) in [6.07, 6.45) is 1.81. The Morgan fingerprint density at radius 1 is 1.44 bits per heavy atom. The van der Waals surface area contributed by atoms with Gasteiger partial charge in [0, 0.05) is 12.5 Å². The van der Waals surface area contributed by atoms with Crippen LogP contribution in [0.2, 0.25) is 0 Å². The molecule has 4 nitrogen and oxygen atoms in total. The van der Waals surface area contributed by atoms with E-state index < -0.39 is 0 Å². The summed E-state index contributed by atoms with van der Waals surface area (Å²) in [6, 6.07) is 9.43. The van der Waals surface area contributed by atoms with Gasteiger partial charge in [0.05, 0.1) is 11.6 Å². The number of carbonyl (C=O) groups is 1. The van der Waals surface area contributed by atoms with E-state index in [-0.39, 0.29) is 11.8 Å². The Hall–Kier alpha value is -1.86. The molecule has 1 aliphatic heterocycles. The predicted molar refractivity (Wildman–Crippen MR) is 68.6 cm³/mol. The summed E-state index contributed by atoms with van der Waals surface area (Å²) in [6.45, 7) is 2.34. The van der Waals surface area contributed by atoms with Crippen molar-refractivity contribution in [2.75, 3.05) is 13.1 Å². The molecule has 1 amide bonds. The summed E-state index contributed by atoms with van der Waals surface area (Å²) >= 11 is 0. The number of nitriles is 1. The van der Waals surface area contributed by atoms with Crippen molar-refractivity contribution in [3.63, 3.8) is 0 Å². The molecule has 1 saturated heterocycles. The molecule has 18 heavy (non-hydrogen) atoms. The van der Waals surface area contributed by atoms with E-state index in [0.29, 0.717) is 12.1 Å². The van der Waals surface area contributed by atoms with Gasteiger partial charge in [-0.05, 0) is 43.6 Å². The molecule has 4 heteroatoms. The lowest BCUT2D eigenvalue weighted by molar-refractivity contribution is -0.125. The third-order valence-corrected chi connectivity index (χ3v) is 3.23. The molecule has 2 rings (SSSR count). The second-order valence-electron chi connectivity index (χ2n) is 4.55. The van der Waals surface area contributed by atoms with Crippen molar-refractivity contribution in [2.24, 2.45) is 5.92 Å². The van der Waals surface area contributed by atoms with Crippen molar-refractivity contribution >= 4 is 5.91 Å². The van der Waals surface area contributed by atoms with Gasteiger partial charge in [-0.3, -0.25) is 4.79 Å². The molecule has 1 fully saturated rings. The van der Waals surface area contributed by atoms with Crippen LogP contribution in [-0.2, 0) is 11.3 Å². The highest BCUT2D eigenvalue weighted by Gasteiger charge is 2.20. The number of piperidine rings is 1. The van der Waals surface area contributed by atoms with Gasteiger partial charge < -0.3 is 10.6 Å². The van der Waals surface area contributed by atoms with Gasteiger partial charge in [0.1, 0.15) is 0 Å². The first kappa shape index (κ1) is 12.6. The van der Waals surface area contributed by atoms with E-state index in [1.54, 1.807) is 6.07 Å². The van der Waals surface area contributed by atoms with Crippen LogP contribution in [0.15, 0.2) is 24.3 Å². The number of hydrogen-bond donors (Lipinski definition) is 2. The molecule has 0 unspecified atom stereocenters. The first-order chi connectivity index (χ1) is 8.79. The second-order valence-corrected chi connectivity index (χ2v) is 4.55. The summed E-state index contributed by atoms with van der Waals surface area (Å²) in [7, 11) is 0. The average Bonchev–Trinajstić information content (AvgIpc) is 2.46. The van der Waals surface area contributed by atoms with Gasteiger partial charge in [0.2, 0.25) is 5.91 Å². The van der Waals surface area contributed by atoms with Crippen LogP contribution in [0.5, 0.6) is 0 Å². The minimum absolute atomic E-state index is 0.124. The van der Waals surface area contributed by atoms with Crippen LogP contribution >= 0.6 is 0 Å². The summed E-state index contributed by atoms with van der Waals surface area (Å²) in [4.78, 5) is 11.9. The van der Waals surface area contributed by atoms with Gasteiger partial charge in [-0.15, -0.1) is 0 Å². The molecule has 0 aliphatic carbocycles. The zero-order valence-corrected chi connectivity index (χ0v) is 10.3. The topological polar surface area (TPSA) is 64.9 Å². The van der Waals surface area contributed by atoms with E-state index in [9.17, 15) is 4.79 Å². The lowest BCUT2D eigenvalue weighted by Crippen LogP contribution is -2.37. The number of rotatable bonds is 3. The van der Waals surface area contributed by atoms with Gasteiger partial charge in [0.15, 0.2) is 0 Å². The van der Waals surface area contributed by atoms with Crippen LogP contribution in [0.1, 0.15) is 24.0 Å². The third kappa shape index (κ3) is 3.31. The molecule has 0 spiro atoms. The Balaban J connectivity index is 1.86. The first-order valence-corrected chi connectivity index (χ1v) is 6.27. The largest absolute Gasteiger partial charge is 0.352 e. The number of nitrogens with one attached hydrogen (secondary N) is 2. The van der Waals surface area contributed by atoms with E-state index in [2.05, 4.69) is 16.7 Å². The summed E-state index contributed by atoms with van der Waals surface area (Å²) < 4.78 is 0. The molecule has 2 N–H and O–H groups in total. The first-order valence-electron chi connectivity index (χ1n) is 6.27. The van der Waals surface area contributed by atoms with E-state index in [0.717, 1.165) is 31.5 Å². The Bertz CT molecular complexity index is 458. The molecule has 1 heterocycles. The monoisotopic (exact) mass is 243 g/mol. The Labute approximate surface area is 107 Å². The van der Waals surface area contributed by atoms with Gasteiger partial charge >= 0.3 is 0 Å². The third-order valence-electron chi connectivity index (χ3n) is 3.23. The standard InChI is InChI=1S/C14H17N3O/c15-9-11-2-1-3-12(8-11)10-17-14(18)13-4-6-16-7-5-13/h1-3,8,13,16H,4-7,10H2,(H,17,18). The van der Waals surface area contributed by atoms with Crippen LogP contribution in [-0.4, -0.2) is 19.0 Å². The number of benzene rings is 1. The Kier molecular flexibility index (Phi) is 4.32. The maximum atomic E-state index is 11.9. The number of hydrogen-bond acceptors (Lipinski definition) is 3. The minimum atomic E-state index is 0.124. The van der Waals surface area contributed by atoms with Crippen molar-refractivity contribution in [3.05, 3.63) is 35.4 Å². The number of carbonyl (C=O) groups excluding carboxylic acids is 1. The maximum Gasteiger partial charge on any atom is 0.223 e. The molecule has 94 valence electrons. The van der Waals surface area contributed by atoms with Gasteiger partial charge in [-0.2, -0.15) is 5.26 Å². The van der Waals surface area contributed by atoms with E-state index in [4.69, 9.17) is 5.26 Å². The van der Waals surface area contributed by atoms with Crippen LogP contribution < -0.4 is 10.6 Å². The summed E-state index contributed by atoms with van der Waals surface area (Å²) in [5.41, 5.74) is 1.60. The summed E-state index contributed by atoms with van der Waals surface area (Å²) in [5, 5.41) is 15.0. The van der Waals surface area contributed by atoms with Crippen LogP contribution in [0.4, 0.5) is 0 Å². The molecule has 0 bridgehead atoms. The second kappa shape index (κ2) is 6.18. The zero-order valence-electron chi connectivity index (χ0n) is 10.3. The normalized spacial score (nSPS) is 15.9. The number of nitrogens with zero attached hydrogens (tertiary/aromatic N) is 1. The molecule has 0 radical (unpaired) electrons. The maximum absolute atomic E-state index is 11.9. The lowest BCUT2D eigenvalue weighted by atomic mass is 9.97. The quantitative estimate of drug-likeness (QED) is 0.837. The SMILES string of the molecule is N#Cc1cccc(CNC(=O)C2CCNCC2)c1. The van der Waals surface area contributed by atoms with Crippen molar-refractivity contribution in [1.82, 2.24) is 10.6 Å². The Morgan fingerprint density at radius 3 is 2.94 bits per heavy atom. The van der Waals surface area contributed by atoms with Crippen molar-refractivity contribution in [1.29, 1.82) is 5.26 Å². The zero-order chi connectivity index (χ0) is 12.8. The fourth-order valence-electron chi connectivity index (χ4n) is 2.17. The molecular formula is C14H17N3O. The molecule has 1 aromatic carbocycles. The highest BCUT2D eigenvalue weighted by Crippen LogP contribution is 2.12. The molecule has 0 saturated carbocycles. The molecule has 1 aromatic rings. The highest BCUT2D eigenvalue weighted by molar-refractivity contribution is 5.78. The van der Waals surface area contributed by atoms with Gasteiger partial charge in [-0.25, -0.2) is 0 Å². The van der Waals surface area contributed by atoms with E-state index >= 15 is 0 Å². The van der Waals surface area contributed by atoms with E-state index in [1.807, 2.05) is 18.2 Å². The fraction of sp³-hybridized carbons (Fsp3) is 0.429. The molecule has 1 aliphatic rings. The Morgan fingerprint density at radius 2 is 2.22 bits per heavy atom. The van der Waals surface area contributed by atoms with Gasteiger partial charge in [-0.1, -0.05) is 12.1 Å².